The van der Waals surface area contributed by atoms with Crippen molar-refractivity contribution >= 4 is 15.9 Å². The molecule has 17 heavy (non-hydrogen) atoms. The molecule has 1 aromatic heterocycles. The van der Waals surface area contributed by atoms with Crippen molar-refractivity contribution in [1.82, 2.24) is 14.3 Å². The highest BCUT2D eigenvalue weighted by molar-refractivity contribution is 7.89. The molecule has 0 fully saturated rings. The number of hydrogen-bond acceptors (Lipinski definition) is 5. The van der Waals surface area contributed by atoms with Crippen LogP contribution in [0.1, 0.15) is 13.8 Å². The summed E-state index contributed by atoms with van der Waals surface area (Å²) < 4.78 is 27.6. The first-order valence-corrected chi connectivity index (χ1v) is 6.17. The molecule has 0 radical (unpaired) electrons. The van der Waals surface area contributed by atoms with Crippen molar-refractivity contribution in [1.29, 1.82) is 0 Å². The number of hydrogen-bond donors (Lipinski definition) is 3. The maximum Gasteiger partial charge on any atom is 0.260 e. The SMILES string of the molecule is Cn1cnc(S(=O)(=O)NC(C)(C)C(N)=NO)c1. The normalized spacial score (nSPS) is 13.9. The first-order valence-electron chi connectivity index (χ1n) is 4.69. The topological polar surface area (TPSA) is 123 Å². The van der Waals surface area contributed by atoms with Gasteiger partial charge in [-0.15, -0.1) is 0 Å². The summed E-state index contributed by atoms with van der Waals surface area (Å²) in [5.41, 5.74) is 4.19. The molecule has 0 unspecified atom stereocenters. The number of nitrogens with two attached hydrogens (primary N) is 1. The van der Waals surface area contributed by atoms with Gasteiger partial charge >= 0.3 is 0 Å². The molecule has 0 saturated heterocycles. The van der Waals surface area contributed by atoms with E-state index in [0.717, 1.165) is 0 Å². The van der Waals surface area contributed by atoms with Crippen LogP contribution in [0, 0.1) is 0 Å². The summed E-state index contributed by atoms with van der Waals surface area (Å²) in [6.45, 7) is 2.95. The van der Waals surface area contributed by atoms with Gasteiger partial charge in [-0.2, -0.15) is 4.72 Å². The van der Waals surface area contributed by atoms with Gasteiger partial charge in [0.25, 0.3) is 10.0 Å². The van der Waals surface area contributed by atoms with E-state index in [-0.39, 0.29) is 10.9 Å². The lowest BCUT2D eigenvalue weighted by Crippen LogP contribution is -2.53. The first-order chi connectivity index (χ1) is 7.69. The summed E-state index contributed by atoms with van der Waals surface area (Å²) in [5.74, 6) is -0.239. The quantitative estimate of drug-likeness (QED) is 0.284. The van der Waals surface area contributed by atoms with Gasteiger partial charge in [0.1, 0.15) is 0 Å². The maximum absolute atomic E-state index is 11.9. The third-order valence-corrected chi connectivity index (χ3v) is 3.63. The molecule has 0 saturated carbocycles. The fourth-order valence-corrected chi connectivity index (χ4v) is 2.47. The van der Waals surface area contributed by atoms with Gasteiger partial charge in [0, 0.05) is 13.2 Å². The third kappa shape index (κ3) is 2.94. The second kappa shape index (κ2) is 4.34. The number of rotatable bonds is 4. The highest BCUT2D eigenvalue weighted by atomic mass is 32.2. The molecule has 1 heterocycles. The van der Waals surface area contributed by atoms with E-state index in [1.165, 1.54) is 30.9 Å². The molecule has 0 aromatic carbocycles. The van der Waals surface area contributed by atoms with E-state index in [0.29, 0.717) is 0 Å². The lowest BCUT2D eigenvalue weighted by molar-refractivity contribution is 0.312. The van der Waals surface area contributed by atoms with Gasteiger partial charge in [-0.1, -0.05) is 5.16 Å². The van der Waals surface area contributed by atoms with Crippen LogP contribution < -0.4 is 10.5 Å². The predicted molar refractivity (Wildman–Crippen MR) is 61.0 cm³/mol. The summed E-state index contributed by atoms with van der Waals surface area (Å²) in [6.07, 6.45) is 2.72. The number of oxime groups is 1. The molecule has 8 nitrogen and oxygen atoms in total. The predicted octanol–water partition coefficient (Wildman–Crippen LogP) is -0.777. The van der Waals surface area contributed by atoms with Crippen LogP contribution in [0.3, 0.4) is 0 Å². The Morgan fingerprint density at radius 2 is 2.24 bits per heavy atom. The fourth-order valence-electron chi connectivity index (χ4n) is 1.09. The molecule has 0 aliphatic rings. The van der Waals surface area contributed by atoms with Crippen molar-refractivity contribution < 1.29 is 13.6 Å². The van der Waals surface area contributed by atoms with E-state index in [1.54, 1.807) is 7.05 Å². The van der Waals surface area contributed by atoms with Crippen LogP contribution in [-0.2, 0) is 17.1 Å². The van der Waals surface area contributed by atoms with Gasteiger partial charge in [-0.05, 0) is 13.8 Å². The molecule has 0 bridgehead atoms. The van der Waals surface area contributed by atoms with Crippen LogP contribution in [0.25, 0.3) is 0 Å². The standard InChI is InChI=1S/C8H15N5O3S/c1-8(2,7(9)11-14)12-17(15,16)6-4-13(3)5-10-6/h4-5,12,14H,1-3H3,(H2,9,11). The van der Waals surface area contributed by atoms with Crippen molar-refractivity contribution in [2.24, 2.45) is 17.9 Å². The Morgan fingerprint density at radius 3 is 2.65 bits per heavy atom. The minimum atomic E-state index is -3.81. The molecule has 0 aliphatic heterocycles. The molecular weight excluding hydrogens is 246 g/mol. The van der Waals surface area contributed by atoms with Crippen LogP contribution >= 0.6 is 0 Å². The summed E-state index contributed by atoms with van der Waals surface area (Å²) >= 11 is 0. The Morgan fingerprint density at radius 1 is 1.65 bits per heavy atom. The zero-order chi connectivity index (χ0) is 13.3. The molecule has 0 atom stereocenters. The van der Waals surface area contributed by atoms with E-state index in [2.05, 4.69) is 14.9 Å². The second-order valence-corrected chi connectivity index (χ2v) is 5.72. The molecule has 1 aromatic rings. The molecule has 0 amide bonds. The largest absolute Gasteiger partial charge is 0.409 e. The van der Waals surface area contributed by atoms with Crippen LogP contribution in [0.2, 0.25) is 0 Å². The lowest BCUT2D eigenvalue weighted by Gasteiger charge is -2.23. The number of imidazole rings is 1. The number of aryl methyl sites for hydroxylation is 1. The monoisotopic (exact) mass is 261 g/mol. The zero-order valence-electron chi connectivity index (χ0n) is 9.75. The lowest BCUT2D eigenvalue weighted by atomic mass is 10.1. The minimum absolute atomic E-state index is 0.126. The van der Waals surface area contributed by atoms with Gasteiger partial charge in [-0.3, -0.25) is 0 Å². The number of amidine groups is 1. The molecule has 96 valence electrons. The Hall–Kier alpha value is -1.61. The van der Waals surface area contributed by atoms with Crippen molar-refractivity contribution in [3.63, 3.8) is 0 Å². The molecule has 0 spiro atoms. The Kier molecular flexibility index (Phi) is 3.43. The molecule has 9 heteroatoms. The Bertz CT molecular complexity index is 531. The molecule has 4 N–H and O–H groups in total. The maximum atomic E-state index is 11.9. The van der Waals surface area contributed by atoms with Crippen molar-refractivity contribution in [2.45, 2.75) is 24.4 Å². The minimum Gasteiger partial charge on any atom is -0.409 e. The number of nitrogens with one attached hydrogen (secondary N) is 1. The average Bonchev–Trinajstić information content (AvgIpc) is 2.62. The Labute approximate surface area is 99.2 Å². The van der Waals surface area contributed by atoms with Crippen molar-refractivity contribution in [3.8, 4) is 0 Å². The number of nitrogens with zero attached hydrogens (tertiary/aromatic N) is 3. The smallest absolute Gasteiger partial charge is 0.260 e. The Balaban J connectivity index is 3.03. The van der Waals surface area contributed by atoms with Crippen molar-refractivity contribution in [3.05, 3.63) is 12.5 Å². The highest BCUT2D eigenvalue weighted by Gasteiger charge is 2.31. The fraction of sp³-hybridized carbons (Fsp3) is 0.500. The summed E-state index contributed by atoms with van der Waals surface area (Å²) in [6, 6.07) is 0. The van der Waals surface area contributed by atoms with Gasteiger partial charge in [-0.25, -0.2) is 13.4 Å². The van der Waals surface area contributed by atoms with Crippen LogP contribution in [0.5, 0.6) is 0 Å². The second-order valence-electron chi connectivity index (χ2n) is 4.09. The van der Waals surface area contributed by atoms with Gasteiger partial charge in [0.05, 0.1) is 11.9 Å². The third-order valence-electron chi connectivity index (χ3n) is 2.09. The summed E-state index contributed by atoms with van der Waals surface area (Å²) in [7, 11) is -2.15. The van der Waals surface area contributed by atoms with Crippen LogP contribution in [-0.4, -0.2) is 34.6 Å². The van der Waals surface area contributed by atoms with Crippen LogP contribution in [0.15, 0.2) is 22.7 Å². The first kappa shape index (κ1) is 13.5. The van der Waals surface area contributed by atoms with Gasteiger partial charge in [0.2, 0.25) is 0 Å². The molecular formula is C8H15N5O3S. The number of aromatic nitrogens is 2. The highest BCUT2D eigenvalue weighted by Crippen LogP contribution is 2.10. The van der Waals surface area contributed by atoms with E-state index >= 15 is 0 Å². The van der Waals surface area contributed by atoms with E-state index in [1.807, 2.05) is 0 Å². The summed E-state index contributed by atoms with van der Waals surface area (Å²) in [5, 5.41) is 11.2. The van der Waals surface area contributed by atoms with E-state index in [4.69, 9.17) is 10.9 Å². The van der Waals surface area contributed by atoms with Gasteiger partial charge in [0.15, 0.2) is 10.9 Å². The van der Waals surface area contributed by atoms with E-state index in [9.17, 15) is 8.42 Å². The van der Waals surface area contributed by atoms with E-state index < -0.39 is 15.6 Å². The van der Waals surface area contributed by atoms with Crippen LogP contribution in [0.4, 0.5) is 0 Å². The average molecular weight is 261 g/mol. The zero-order valence-corrected chi connectivity index (χ0v) is 10.6. The summed E-state index contributed by atoms with van der Waals surface area (Å²) in [4.78, 5) is 3.73. The van der Waals surface area contributed by atoms with Gasteiger partial charge < -0.3 is 15.5 Å². The number of sulfonamides is 1. The molecule has 1 rings (SSSR count). The van der Waals surface area contributed by atoms with Crippen molar-refractivity contribution in [2.75, 3.05) is 0 Å². The molecule has 0 aliphatic carbocycles.